The summed E-state index contributed by atoms with van der Waals surface area (Å²) >= 11 is 0. The highest BCUT2D eigenvalue weighted by atomic mass is 16.6. The van der Waals surface area contributed by atoms with Crippen molar-refractivity contribution in [3.05, 3.63) is 0 Å². The number of fused-ring (bicyclic) bond motifs is 3. The van der Waals surface area contributed by atoms with Crippen LogP contribution in [0.15, 0.2) is 0 Å². The van der Waals surface area contributed by atoms with Crippen LogP contribution in [0.1, 0.15) is 19.3 Å². The second-order valence-electron chi connectivity index (χ2n) is 4.52. The lowest BCUT2D eigenvalue weighted by atomic mass is 9.76. The zero-order valence-corrected chi connectivity index (χ0v) is 8.23. The number of rotatable bonds is 0. The van der Waals surface area contributed by atoms with Crippen LogP contribution in [0.2, 0.25) is 0 Å². The van der Waals surface area contributed by atoms with Gasteiger partial charge in [-0.2, -0.15) is 0 Å². The Hall–Kier alpha value is -1.72. The SMILES string of the molecule is O=C1C[C@@]2(C[C@H]3C[C@@H]2C(=O)OC3=O)C(=O)O1. The van der Waals surface area contributed by atoms with E-state index in [-0.39, 0.29) is 12.8 Å². The molecule has 1 spiro atoms. The highest BCUT2D eigenvalue weighted by Crippen LogP contribution is 2.55. The molecule has 0 N–H and O–H groups in total. The number of hydrogen-bond acceptors (Lipinski definition) is 6. The van der Waals surface area contributed by atoms with E-state index in [1.807, 2.05) is 0 Å². The predicted octanol–water partition coefficient (Wildman–Crippen LogP) is -0.444. The first-order valence-corrected chi connectivity index (χ1v) is 5.03. The van der Waals surface area contributed by atoms with Crippen molar-refractivity contribution in [1.82, 2.24) is 0 Å². The fourth-order valence-electron chi connectivity index (χ4n) is 2.92. The van der Waals surface area contributed by atoms with E-state index < -0.39 is 41.1 Å². The topological polar surface area (TPSA) is 86.7 Å². The standard InChI is InChI=1S/C10H8O6/c11-6-3-10(9(14)15-6)2-4-1-5(10)8(13)16-7(4)12/h4-5H,1-3H2/t4-,5-,10-/m1/s1. The Bertz CT molecular complexity index is 439. The highest BCUT2D eigenvalue weighted by Gasteiger charge is 2.65. The average molecular weight is 224 g/mol. The van der Waals surface area contributed by atoms with Crippen LogP contribution in [0.5, 0.6) is 0 Å². The molecule has 0 aromatic carbocycles. The van der Waals surface area contributed by atoms with Gasteiger partial charge in [-0.1, -0.05) is 0 Å². The molecular weight excluding hydrogens is 216 g/mol. The smallest absolute Gasteiger partial charge is 0.321 e. The van der Waals surface area contributed by atoms with Gasteiger partial charge in [0.15, 0.2) is 0 Å². The predicted molar refractivity (Wildman–Crippen MR) is 45.5 cm³/mol. The molecule has 1 aliphatic carbocycles. The molecule has 0 amide bonds. The number of esters is 4. The molecule has 0 unspecified atom stereocenters. The molecule has 0 aromatic rings. The maximum absolute atomic E-state index is 11.6. The number of carbonyl (C=O) groups is 4. The van der Waals surface area contributed by atoms with Crippen LogP contribution in [-0.4, -0.2) is 23.9 Å². The molecule has 2 aliphatic heterocycles. The Kier molecular flexibility index (Phi) is 1.60. The summed E-state index contributed by atoms with van der Waals surface area (Å²) in [6.07, 6.45) is 0.363. The van der Waals surface area contributed by atoms with E-state index in [9.17, 15) is 19.2 Å². The van der Waals surface area contributed by atoms with Crippen LogP contribution in [0.3, 0.4) is 0 Å². The van der Waals surface area contributed by atoms with Gasteiger partial charge < -0.3 is 9.47 Å². The first-order chi connectivity index (χ1) is 7.53. The highest BCUT2D eigenvalue weighted by molar-refractivity contribution is 6.04. The Morgan fingerprint density at radius 3 is 2.44 bits per heavy atom. The van der Waals surface area contributed by atoms with Crippen LogP contribution in [0, 0.1) is 17.3 Å². The minimum Gasteiger partial charge on any atom is -0.393 e. The largest absolute Gasteiger partial charge is 0.393 e. The number of cyclic esters (lactones) is 4. The van der Waals surface area contributed by atoms with Gasteiger partial charge in [-0.05, 0) is 12.8 Å². The van der Waals surface area contributed by atoms with Gasteiger partial charge in [0.2, 0.25) is 0 Å². The van der Waals surface area contributed by atoms with Gasteiger partial charge in [0.05, 0.1) is 23.7 Å². The van der Waals surface area contributed by atoms with E-state index in [2.05, 4.69) is 9.47 Å². The molecule has 2 heterocycles. The van der Waals surface area contributed by atoms with E-state index in [4.69, 9.17) is 0 Å². The van der Waals surface area contributed by atoms with Crippen LogP contribution in [0.4, 0.5) is 0 Å². The summed E-state index contributed by atoms with van der Waals surface area (Å²) < 4.78 is 9.04. The monoisotopic (exact) mass is 224 g/mol. The molecule has 84 valence electrons. The van der Waals surface area contributed by atoms with Crippen molar-refractivity contribution < 1.29 is 28.7 Å². The van der Waals surface area contributed by atoms with Crippen molar-refractivity contribution in [2.75, 3.05) is 0 Å². The molecule has 3 atom stereocenters. The van der Waals surface area contributed by atoms with Crippen LogP contribution < -0.4 is 0 Å². The molecule has 6 nitrogen and oxygen atoms in total. The normalized spacial score (nSPS) is 41.5. The number of carbonyl (C=O) groups excluding carboxylic acids is 4. The van der Waals surface area contributed by atoms with Crippen molar-refractivity contribution >= 4 is 23.9 Å². The molecule has 0 aromatic heterocycles. The third kappa shape index (κ3) is 0.963. The van der Waals surface area contributed by atoms with E-state index >= 15 is 0 Å². The Morgan fingerprint density at radius 2 is 1.81 bits per heavy atom. The molecule has 3 fully saturated rings. The first-order valence-electron chi connectivity index (χ1n) is 5.03. The lowest BCUT2D eigenvalue weighted by molar-refractivity contribution is -0.172. The lowest BCUT2D eigenvalue weighted by Gasteiger charge is -2.23. The quantitative estimate of drug-likeness (QED) is 0.409. The molecule has 0 radical (unpaired) electrons. The van der Waals surface area contributed by atoms with E-state index in [1.165, 1.54) is 0 Å². The van der Waals surface area contributed by atoms with E-state index in [1.54, 1.807) is 0 Å². The van der Waals surface area contributed by atoms with Crippen molar-refractivity contribution in [1.29, 1.82) is 0 Å². The zero-order chi connectivity index (χ0) is 11.5. The fraction of sp³-hybridized carbons (Fsp3) is 0.600. The van der Waals surface area contributed by atoms with E-state index in [0.29, 0.717) is 6.42 Å². The number of ether oxygens (including phenoxy) is 2. The molecular formula is C10H8O6. The zero-order valence-electron chi connectivity index (χ0n) is 8.23. The second kappa shape index (κ2) is 2.69. The summed E-state index contributed by atoms with van der Waals surface area (Å²) in [5.41, 5.74) is -1.13. The van der Waals surface area contributed by atoms with Gasteiger partial charge in [0, 0.05) is 0 Å². The minimum absolute atomic E-state index is 0.116. The second-order valence-corrected chi connectivity index (χ2v) is 4.52. The summed E-state index contributed by atoms with van der Waals surface area (Å²) in [7, 11) is 0. The molecule has 2 bridgehead atoms. The summed E-state index contributed by atoms with van der Waals surface area (Å²) in [4.78, 5) is 45.6. The summed E-state index contributed by atoms with van der Waals surface area (Å²) in [6.45, 7) is 0. The van der Waals surface area contributed by atoms with Crippen LogP contribution >= 0.6 is 0 Å². The molecule has 2 saturated heterocycles. The Labute approximate surface area is 89.9 Å². The maximum atomic E-state index is 11.6. The summed E-state index contributed by atoms with van der Waals surface area (Å²) in [5, 5.41) is 0. The van der Waals surface area contributed by atoms with Gasteiger partial charge in [0.1, 0.15) is 0 Å². The molecule has 3 rings (SSSR count). The summed E-state index contributed by atoms with van der Waals surface area (Å²) in [5.74, 6) is -3.76. The maximum Gasteiger partial charge on any atom is 0.321 e. The van der Waals surface area contributed by atoms with Crippen molar-refractivity contribution in [2.45, 2.75) is 19.3 Å². The summed E-state index contributed by atoms with van der Waals surface area (Å²) in [6, 6.07) is 0. The third-order valence-corrected chi connectivity index (χ3v) is 3.69. The lowest BCUT2D eigenvalue weighted by Crippen LogP contribution is -2.37. The molecule has 3 aliphatic rings. The van der Waals surface area contributed by atoms with Crippen molar-refractivity contribution in [2.24, 2.45) is 17.3 Å². The van der Waals surface area contributed by atoms with Gasteiger partial charge >= 0.3 is 23.9 Å². The van der Waals surface area contributed by atoms with Crippen LogP contribution in [0.25, 0.3) is 0 Å². The minimum atomic E-state index is -1.13. The van der Waals surface area contributed by atoms with Crippen LogP contribution in [-0.2, 0) is 28.7 Å². The molecule has 6 heteroatoms. The van der Waals surface area contributed by atoms with Gasteiger partial charge in [-0.25, -0.2) is 0 Å². The Balaban J connectivity index is 2.05. The fourth-order valence-corrected chi connectivity index (χ4v) is 2.92. The van der Waals surface area contributed by atoms with Gasteiger partial charge in [-0.3, -0.25) is 19.2 Å². The first kappa shape index (κ1) is 9.50. The van der Waals surface area contributed by atoms with Gasteiger partial charge in [-0.15, -0.1) is 0 Å². The Morgan fingerprint density at radius 1 is 1.06 bits per heavy atom. The van der Waals surface area contributed by atoms with Crippen molar-refractivity contribution in [3.8, 4) is 0 Å². The molecule has 1 saturated carbocycles. The third-order valence-electron chi connectivity index (χ3n) is 3.69. The molecule has 16 heavy (non-hydrogen) atoms. The average Bonchev–Trinajstić information content (AvgIpc) is 2.66. The van der Waals surface area contributed by atoms with E-state index in [0.717, 1.165) is 0 Å². The van der Waals surface area contributed by atoms with Gasteiger partial charge in [0.25, 0.3) is 0 Å². The van der Waals surface area contributed by atoms with Crippen molar-refractivity contribution in [3.63, 3.8) is 0 Å². The number of hydrogen-bond donors (Lipinski definition) is 0.